The lowest BCUT2D eigenvalue weighted by Crippen LogP contribution is -2.33. The number of fused-ring (bicyclic) bond motifs is 1. The maximum absolute atomic E-state index is 12.2. The predicted octanol–water partition coefficient (Wildman–Crippen LogP) is 3.81. The van der Waals surface area contributed by atoms with E-state index < -0.39 is 15.9 Å². The van der Waals surface area contributed by atoms with Gasteiger partial charge < -0.3 is 16.0 Å². The molecule has 35 heavy (non-hydrogen) atoms. The van der Waals surface area contributed by atoms with Crippen molar-refractivity contribution in [1.29, 1.82) is 0 Å². The predicted molar refractivity (Wildman–Crippen MR) is 139 cm³/mol. The van der Waals surface area contributed by atoms with Crippen molar-refractivity contribution in [2.75, 3.05) is 24.7 Å². The largest absolute Gasteiger partial charge is 0.366 e. The zero-order valence-electron chi connectivity index (χ0n) is 19.9. The number of amides is 2. The van der Waals surface area contributed by atoms with E-state index in [1.807, 2.05) is 43.3 Å². The fourth-order valence-corrected chi connectivity index (χ4v) is 5.19. The molecule has 4 N–H and O–H groups in total. The summed E-state index contributed by atoms with van der Waals surface area (Å²) >= 11 is 0. The lowest BCUT2D eigenvalue weighted by molar-refractivity contribution is -0.111. The van der Waals surface area contributed by atoms with Gasteiger partial charge in [0.1, 0.15) is 0 Å². The molecule has 1 aliphatic heterocycles. The Morgan fingerprint density at radius 3 is 2.57 bits per heavy atom. The van der Waals surface area contributed by atoms with E-state index in [9.17, 15) is 18.0 Å². The van der Waals surface area contributed by atoms with Crippen molar-refractivity contribution < 1.29 is 18.0 Å². The highest BCUT2D eigenvalue weighted by Gasteiger charge is 2.22. The average Bonchev–Trinajstić information content (AvgIpc) is 3.25. The fourth-order valence-electron chi connectivity index (χ4n) is 4.42. The number of H-pyrrole nitrogens is 1. The smallest absolute Gasteiger partial charge is 0.250 e. The first-order chi connectivity index (χ1) is 16.6. The number of rotatable bonds is 6. The molecule has 0 saturated heterocycles. The van der Waals surface area contributed by atoms with Gasteiger partial charge >= 0.3 is 0 Å². The summed E-state index contributed by atoms with van der Waals surface area (Å²) in [5, 5.41) is 3.72. The molecule has 2 aromatic carbocycles. The third-order valence-electron chi connectivity index (χ3n) is 6.25. The molecule has 2 amide bonds. The molecule has 8 nitrogen and oxygen atoms in total. The first-order valence-corrected chi connectivity index (χ1v) is 13.1. The monoisotopic (exact) mass is 492 g/mol. The SMILES string of the molecule is CC=CC(=O)Nc1cccc(-c2ccc(C(N)=O)c3[nH]c(C4=CCN(S(C)(=O)=O)CC4)cc23)c1C. The molecule has 1 aliphatic rings. The van der Waals surface area contributed by atoms with Crippen LogP contribution in [0.3, 0.4) is 0 Å². The molecule has 1 aromatic heterocycles. The van der Waals surface area contributed by atoms with Gasteiger partial charge in [-0.05, 0) is 66.8 Å². The second-order valence-electron chi connectivity index (χ2n) is 8.56. The summed E-state index contributed by atoms with van der Waals surface area (Å²) in [4.78, 5) is 27.6. The van der Waals surface area contributed by atoms with Gasteiger partial charge in [0.05, 0.1) is 17.3 Å². The van der Waals surface area contributed by atoms with Crippen molar-refractivity contribution in [2.45, 2.75) is 20.3 Å². The van der Waals surface area contributed by atoms with E-state index >= 15 is 0 Å². The number of allylic oxidation sites excluding steroid dienone is 1. The molecule has 3 aromatic rings. The molecule has 0 unspecified atom stereocenters. The molecule has 2 heterocycles. The van der Waals surface area contributed by atoms with Crippen LogP contribution in [0.2, 0.25) is 0 Å². The van der Waals surface area contributed by atoms with Gasteiger partial charge in [0.15, 0.2) is 0 Å². The number of hydrogen-bond acceptors (Lipinski definition) is 4. The first-order valence-electron chi connectivity index (χ1n) is 11.2. The Morgan fingerprint density at radius 1 is 1.17 bits per heavy atom. The number of aromatic nitrogens is 1. The van der Waals surface area contributed by atoms with Crippen molar-refractivity contribution in [3.05, 3.63) is 71.4 Å². The highest BCUT2D eigenvalue weighted by atomic mass is 32.2. The van der Waals surface area contributed by atoms with Crippen LogP contribution in [0.25, 0.3) is 27.6 Å². The first kappa shape index (κ1) is 24.4. The second kappa shape index (κ2) is 9.52. The van der Waals surface area contributed by atoms with Crippen LogP contribution in [0.15, 0.2) is 54.6 Å². The normalized spacial score (nSPS) is 14.9. The number of sulfonamides is 1. The molecular formula is C26H28N4O4S. The van der Waals surface area contributed by atoms with Gasteiger partial charge in [-0.3, -0.25) is 9.59 Å². The van der Waals surface area contributed by atoms with Crippen LogP contribution in [0.4, 0.5) is 5.69 Å². The number of nitrogens with two attached hydrogens (primary N) is 1. The fraction of sp³-hybridized carbons (Fsp3) is 0.231. The molecule has 4 rings (SSSR count). The van der Waals surface area contributed by atoms with E-state index in [2.05, 4.69) is 10.3 Å². The Balaban J connectivity index is 1.82. The lowest BCUT2D eigenvalue weighted by Gasteiger charge is -2.23. The Labute approximate surface area is 204 Å². The number of nitrogens with zero attached hydrogens (tertiary/aromatic N) is 1. The maximum Gasteiger partial charge on any atom is 0.250 e. The van der Waals surface area contributed by atoms with E-state index in [4.69, 9.17) is 5.73 Å². The minimum absolute atomic E-state index is 0.210. The van der Waals surface area contributed by atoms with Gasteiger partial charge in [0.25, 0.3) is 5.91 Å². The van der Waals surface area contributed by atoms with E-state index in [-0.39, 0.29) is 5.91 Å². The Morgan fingerprint density at radius 2 is 1.94 bits per heavy atom. The van der Waals surface area contributed by atoms with E-state index in [1.54, 1.807) is 19.1 Å². The minimum Gasteiger partial charge on any atom is -0.366 e. The standard InChI is InChI=1S/C26H28N4O4S/c1-4-6-24(31)28-22-8-5-7-18(16(22)2)19-9-10-20(26(27)32)25-21(19)15-23(29-25)17-11-13-30(14-12-17)35(3,33)34/h4-11,15,29H,12-14H2,1-3H3,(H2,27,32)(H,28,31). The Bertz CT molecular complexity index is 1500. The van der Waals surface area contributed by atoms with Crippen molar-refractivity contribution in [3.63, 3.8) is 0 Å². The van der Waals surface area contributed by atoms with Crippen LogP contribution >= 0.6 is 0 Å². The summed E-state index contributed by atoms with van der Waals surface area (Å²) in [6.07, 6.45) is 6.79. The van der Waals surface area contributed by atoms with Gasteiger partial charge in [0, 0.05) is 29.9 Å². The van der Waals surface area contributed by atoms with Crippen LogP contribution in [0, 0.1) is 6.92 Å². The van der Waals surface area contributed by atoms with Crippen molar-refractivity contribution >= 4 is 44.0 Å². The summed E-state index contributed by atoms with van der Waals surface area (Å²) in [5.74, 6) is -0.752. The summed E-state index contributed by atoms with van der Waals surface area (Å²) < 4.78 is 25.2. The number of anilines is 1. The molecule has 9 heteroatoms. The van der Waals surface area contributed by atoms with E-state index in [0.29, 0.717) is 36.3 Å². The number of hydrogen-bond donors (Lipinski definition) is 3. The summed E-state index contributed by atoms with van der Waals surface area (Å²) in [7, 11) is -3.25. The molecule has 182 valence electrons. The molecular weight excluding hydrogens is 464 g/mol. The summed E-state index contributed by atoms with van der Waals surface area (Å²) in [5.41, 5.74) is 11.8. The quantitative estimate of drug-likeness (QED) is 0.453. The van der Waals surface area contributed by atoms with Crippen LogP contribution in [-0.2, 0) is 14.8 Å². The van der Waals surface area contributed by atoms with Gasteiger partial charge in [-0.25, -0.2) is 8.42 Å². The van der Waals surface area contributed by atoms with Crippen molar-refractivity contribution in [2.24, 2.45) is 5.73 Å². The highest BCUT2D eigenvalue weighted by Crippen LogP contribution is 2.37. The Kier molecular flexibility index (Phi) is 6.64. The van der Waals surface area contributed by atoms with Crippen LogP contribution < -0.4 is 11.1 Å². The van der Waals surface area contributed by atoms with Crippen molar-refractivity contribution in [3.8, 4) is 11.1 Å². The van der Waals surface area contributed by atoms with Crippen LogP contribution in [-0.4, -0.2) is 48.9 Å². The number of aromatic amines is 1. The molecule has 0 aliphatic carbocycles. The van der Waals surface area contributed by atoms with E-state index in [0.717, 1.165) is 33.3 Å². The number of primary amides is 1. The average molecular weight is 493 g/mol. The number of nitrogens with one attached hydrogen (secondary N) is 2. The Hall–Kier alpha value is -3.69. The van der Waals surface area contributed by atoms with Gasteiger partial charge in [-0.2, -0.15) is 4.31 Å². The van der Waals surface area contributed by atoms with E-state index in [1.165, 1.54) is 16.6 Å². The molecule has 0 spiro atoms. The van der Waals surface area contributed by atoms with Crippen LogP contribution in [0.5, 0.6) is 0 Å². The van der Waals surface area contributed by atoms with Crippen LogP contribution in [0.1, 0.15) is 35.0 Å². The maximum atomic E-state index is 12.2. The third kappa shape index (κ3) is 4.91. The third-order valence-corrected chi connectivity index (χ3v) is 7.52. The second-order valence-corrected chi connectivity index (χ2v) is 10.5. The molecule has 0 fully saturated rings. The number of benzene rings is 2. The zero-order chi connectivity index (χ0) is 25.3. The zero-order valence-corrected chi connectivity index (χ0v) is 20.7. The topological polar surface area (TPSA) is 125 Å². The minimum atomic E-state index is -3.25. The van der Waals surface area contributed by atoms with Gasteiger partial charge in [-0.15, -0.1) is 0 Å². The molecule has 0 bridgehead atoms. The van der Waals surface area contributed by atoms with Crippen molar-refractivity contribution in [1.82, 2.24) is 9.29 Å². The summed E-state index contributed by atoms with van der Waals surface area (Å²) in [6, 6.07) is 11.2. The summed E-state index contributed by atoms with van der Waals surface area (Å²) in [6.45, 7) is 4.41. The molecule has 0 radical (unpaired) electrons. The number of carbonyl (C=O) groups is 2. The number of carbonyl (C=O) groups excluding carboxylic acids is 2. The highest BCUT2D eigenvalue weighted by molar-refractivity contribution is 7.88. The molecule has 0 saturated carbocycles. The van der Waals surface area contributed by atoms with Gasteiger partial charge in [-0.1, -0.05) is 30.4 Å². The lowest BCUT2D eigenvalue weighted by atomic mass is 9.94. The van der Waals surface area contributed by atoms with Gasteiger partial charge in [0.2, 0.25) is 15.9 Å². The molecule has 0 atom stereocenters.